The van der Waals surface area contributed by atoms with Crippen LogP contribution in [0, 0.1) is 0 Å². The summed E-state index contributed by atoms with van der Waals surface area (Å²) >= 11 is 0. The maximum Gasteiger partial charge on any atom is 0.410 e. The Morgan fingerprint density at radius 3 is 2.67 bits per heavy atom. The van der Waals surface area contributed by atoms with Gasteiger partial charge in [0, 0.05) is 31.0 Å². The van der Waals surface area contributed by atoms with Crippen molar-refractivity contribution in [2.45, 2.75) is 57.8 Å². The van der Waals surface area contributed by atoms with Gasteiger partial charge in [-0.3, -0.25) is 9.69 Å². The number of hydrogen-bond acceptors (Lipinski definition) is 5. The van der Waals surface area contributed by atoms with Gasteiger partial charge in [-0.05, 0) is 45.7 Å². The summed E-state index contributed by atoms with van der Waals surface area (Å²) in [6.07, 6.45) is 1.72. The molecule has 0 saturated carbocycles. The van der Waals surface area contributed by atoms with E-state index in [1.807, 2.05) is 57.2 Å². The quantitative estimate of drug-likeness (QED) is 0.772. The van der Waals surface area contributed by atoms with Gasteiger partial charge in [-0.1, -0.05) is 18.2 Å². The zero-order valence-electron chi connectivity index (χ0n) is 17.8. The van der Waals surface area contributed by atoms with Crippen molar-refractivity contribution < 1.29 is 19.1 Å². The molecule has 7 nitrogen and oxygen atoms in total. The van der Waals surface area contributed by atoms with E-state index in [-0.39, 0.29) is 12.0 Å². The Balaban J connectivity index is 1.37. The van der Waals surface area contributed by atoms with E-state index in [1.165, 1.54) is 0 Å². The number of carbonyl (C=O) groups excluding carboxylic acids is 2. The number of fused-ring (bicyclic) bond motifs is 1. The molecule has 0 aliphatic carbocycles. The zero-order chi connectivity index (χ0) is 21.3. The summed E-state index contributed by atoms with van der Waals surface area (Å²) in [6.45, 7) is 7.19. The third kappa shape index (κ3) is 4.50. The monoisotopic (exact) mass is 411 g/mol. The van der Waals surface area contributed by atoms with Crippen molar-refractivity contribution in [1.29, 1.82) is 0 Å². The lowest BCUT2D eigenvalue weighted by molar-refractivity contribution is -0.135. The van der Waals surface area contributed by atoms with Crippen molar-refractivity contribution in [1.82, 2.24) is 14.8 Å². The van der Waals surface area contributed by atoms with E-state index in [2.05, 4.69) is 4.98 Å². The molecule has 0 radical (unpaired) electrons. The topological polar surface area (TPSA) is 72.0 Å². The molecule has 2 amide bonds. The molecule has 2 atom stereocenters. The zero-order valence-corrected chi connectivity index (χ0v) is 17.8. The molecule has 2 fully saturated rings. The van der Waals surface area contributed by atoms with Crippen molar-refractivity contribution in [2.24, 2.45) is 0 Å². The average Bonchev–Trinajstić information content (AvgIpc) is 3.36. The minimum Gasteiger partial charge on any atom is -0.472 e. The van der Waals surface area contributed by atoms with Crippen molar-refractivity contribution in [3.63, 3.8) is 0 Å². The van der Waals surface area contributed by atoms with Crippen LogP contribution in [-0.4, -0.2) is 64.2 Å². The van der Waals surface area contributed by atoms with Gasteiger partial charge in [-0.25, -0.2) is 9.78 Å². The van der Waals surface area contributed by atoms with Crippen molar-refractivity contribution in [2.75, 3.05) is 19.6 Å². The van der Waals surface area contributed by atoms with Gasteiger partial charge in [0.15, 0.2) is 0 Å². The Hall–Kier alpha value is -2.83. The molecule has 7 heteroatoms. The highest BCUT2D eigenvalue weighted by atomic mass is 16.6. The van der Waals surface area contributed by atoms with Gasteiger partial charge < -0.3 is 14.4 Å². The Bertz CT molecular complexity index is 939. The fraction of sp³-hybridized carbons (Fsp3) is 0.522. The molecule has 1 aromatic heterocycles. The highest BCUT2D eigenvalue weighted by Crippen LogP contribution is 2.25. The first-order valence-corrected chi connectivity index (χ1v) is 10.6. The van der Waals surface area contributed by atoms with E-state index in [0.717, 1.165) is 23.7 Å². The van der Waals surface area contributed by atoms with Crippen LogP contribution in [0.1, 0.15) is 40.0 Å². The van der Waals surface area contributed by atoms with Crippen LogP contribution in [0.2, 0.25) is 0 Å². The first-order valence-electron chi connectivity index (χ1n) is 10.6. The minimum atomic E-state index is -0.577. The molecule has 2 aromatic rings. The average molecular weight is 412 g/mol. The SMILES string of the molecule is CC(C)(C)OC(=O)N1CCCC1C(=O)N1CCC(Oc2ccc3ccccc3n2)C1. The Morgan fingerprint density at radius 2 is 1.87 bits per heavy atom. The van der Waals surface area contributed by atoms with Crippen molar-refractivity contribution in [3.8, 4) is 5.88 Å². The predicted octanol–water partition coefficient (Wildman–Crippen LogP) is 3.61. The highest BCUT2D eigenvalue weighted by Gasteiger charge is 2.40. The number of carbonyl (C=O) groups is 2. The molecule has 0 bridgehead atoms. The summed E-state index contributed by atoms with van der Waals surface area (Å²) in [7, 11) is 0. The second kappa shape index (κ2) is 8.13. The van der Waals surface area contributed by atoms with Crippen LogP contribution in [0.5, 0.6) is 5.88 Å². The van der Waals surface area contributed by atoms with Gasteiger partial charge in [-0.2, -0.15) is 0 Å². The Labute approximate surface area is 177 Å². The van der Waals surface area contributed by atoms with Gasteiger partial charge in [0.25, 0.3) is 0 Å². The first-order chi connectivity index (χ1) is 14.3. The Morgan fingerprint density at radius 1 is 1.07 bits per heavy atom. The molecule has 1 aromatic carbocycles. The van der Waals surface area contributed by atoms with E-state index in [9.17, 15) is 9.59 Å². The standard InChI is InChI=1S/C23H29N3O4/c1-23(2,3)30-22(28)26-13-6-9-19(26)21(27)25-14-12-17(15-25)29-20-11-10-16-7-4-5-8-18(16)24-20/h4-5,7-8,10-11,17,19H,6,9,12-15H2,1-3H3. The van der Waals surface area contributed by atoms with Crippen LogP contribution in [0.25, 0.3) is 10.9 Å². The van der Waals surface area contributed by atoms with Gasteiger partial charge in [-0.15, -0.1) is 0 Å². The lowest BCUT2D eigenvalue weighted by Gasteiger charge is -2.30. The molecule has 30 heavy (non-hydrogen) atoms. The number of aromatic nitrogens is 1. The second-order valence-electron chi connectivity index (χ2n) is 8.99. The molecular weight excluding hydrogens is 382 g/mol. The highest BCUT2D eigenvalue weighted by molar-refractivity contribution is 5.86. The molecule has 2 saturated heterocycles. The fourth-order valence-corrected chi connectivity index (χ4v) is 4.08. The fourth-order valence-electron chi connectivity index (χ4n) is 4.08. The lowest BCUT2D eigenvalue weighted by Crippen LogP contribution is -2.48. The van der Waals surface area contributed by atoms with Crippen molar-refractivity contribution in [3.05, 3.63) is 36.4 Å². The molecule has 2 unspecified atom stereocenters. The molecule has 160 valence electrons. The van der Waals surface area contributed by atoms with E-state index in [4.69, 9.17) is 9.47 Å². The number of likely N-dealkylation sites (tertiary alicyclic amines) is 2. The number of pyridine rings is 1. The van der Waals surface area contributed by atoms with Gasteiger partial charge in [0.05, 0.1) is 12.1 Å². The summed E-state index contributed by atoms with van der Waals surface area (Å²) in [5, 5.41) is 1.07. The number of amides is 2. The number of ether oxygens (including phenoxy) is 2. The molecule has 2 aliphatic heterocycles. The van der Waals surface area contributed by atoms with Crippen LogP contribution in [-0.2, 0) is 9.53 Å². The molecule has 4 rings (SSSR count). The second-order valence-corrected chi connectivity index (χ2v) is 8.99. The largest absolute Gasteiger partial charge is 0.472 e. The number of hydrogen-bond donors (Lipinski definition) is 0. The van der Waals surface area contributed by atoms with E-state index < -0.39 is 17.7 Å². The van der Waals surface area contributed by atoms with Crippen molar-refractivity contribution >= 4 is 22.9 Å². The Kier molecular flexibility index (Phi) is 5.54. The normalized spacial score (nSPS) is 21.8. The molecule has 2 aliphatic rings. The maximum absolute atomic E-state index is 13.1. The molecule has 0 N–H and O–H groups in total. The molecule has 0 spiro atoms. The van der Waals surface area contributed by atoms with E-state index in [1.54, 1.807) is 9.80 Å². The van der Waals surface area contributed by atoms with Gasteiger partial charge in [0.2, 0.25) is 11.8 Å². The molecule has 3 heterocycles. The number of rotatable bonds is 3. The third-order valence-electron chi connectivity index (χ3n) is 5.48. The van der Waals surface area contributed by atoms with Gasteiger partial charge in [0.1, 0.15) is 17.7 Å². The maximum atomic E-state index is 13.1. The van der Waals surface area contributed by atoms with Crippen LogP contribution < -0.4 is 4.74 Å². The number of nitrogens with zero attached hydrogens (tertiary/aromatic N) is 3. The van der Waals surface area contributed by atoms with Crippen LogP contribution in [0.15, 0.2) is 36.4 Å². The third-order valence-corrected chi connectivity index (χ3v) is 5.48. The summed E-state index contributed by atoms with van der Waals surface area (Å²) in [4.78, 5) is 33.6. The summed E-state index contributed by atoms with van der Waals surface area (Å²) in [6, 6.07) is 11.3. The van der Waals surface area contributed by atoms with Gasteiger partial charge >= 0.3 is 6.09 Å². The predicted molar refractivity (Wildman–Crippen MR) is 113 cm³/mol. The van der Waals surface area contributed by atoms with Crippen LogP contribution >= 0.6 is 0 Å². The van der Waals surface area contributed by atoms with Crippen LogP contribution in [0.4, 0.5) is 4.79 Å². The number of para-hydroxylation sites is 1. The van der Waals surface area contributed by atoms with E-state index >= 15 is 0 Å². The number of benzene rings is 1. The minimum absolute atomic E-state index is 0.0177. The van der Waals surface area contributed by atoms with E-state index in [0.29, 0.717) is 31.9 Å². The van der Waals surface area contributed by atoms with Crippen LogP contribution in [0.3, 0.4) is 0 Å². The first kappa shape index (κ1) is 20.4. The molecular formula is C23H29N3O4. The summed E-state index contributed by atoms with van der Waals surface area (Å²) in [5.41, 5.74) is 0.312. The smallest absolute Gasteiger partial charge is 0.410 e. The lowest BCUT2D eigenvalue weighted by atomic mass is 10.2. The summed E-state index contributed by atoms with van der Waals surface area (Å²) < 4.78 is 11.5. The summed E-state index contributed by atoms with van der Waals surface area (Å²) in [5.74, 6) is 0.556.